The first kappa shape index (κ1) is 15.5. The van der Waals surface area contributed by atoms with Crippen molar-refractivity contribution in [3.63, 3.8) is 0 Å². The van der Waals surface area contributed by atoms with Crippen molar-refractivity contribution in [1.29, 1.82) is 0 Å². The zero-order valence-corrected chi connectivity index (χ0v) is 13.9. The molecular formula is C19H28N2O. The second-order valence-electron chi connectivity index (χ2n) is 6.96. The van der Waals surface area contributed by atoms with E-state index in [-0.39, 0.29) is 11.4 Å². The summed E-state index contributed by atoms with van der Waals surface area (Å²) in [7, 11) is 0. The van der Waals surface area contributed by atoms with Crippen LogP contribution in [-0.4, -0.2) is 24.5 Å². The highest BCUT2D eigenvalue weighted by molar-refractivity contribution is 6.03. The first-order valence-corrected chi connectivity index (χ1v) is 8.82. The van der Waals surface area contributed by atoms with Crippen LogP contribution < -0.4 is 10.6 Å². The fourth-order valence-electron chi connectivity index (χ4n) is 4.04. The van der Waals surface area contributed by atoms with Gasteiger partial charge >= 0.3 is 0 Å². The fraction of sp³-hybridized carbons (Fsp3) is 0.632. The van der Waals surface area contributed by atoms with Crippen molar-refractivity contribution in [2.45, 2.75) is 57.9 Å². The van der Waals surface area contributed by atoms with Gasteiger partial charge in [0.2, 0.25) is 0 Å². The van der Waals surface area contributed by atoms with E-state index in [4.69, 9.17) is 0 Å². The van der Waals surface area contributed by atoms with Gasteiger partial charge in [-0.3, -0.25) is 4.79 Å². The van der Waals surface area contributed by atoms with E-state index in [9.17, 15) is 4.79 Å². The third-order valence-electron chi connectivity index (χ3n) is 5.32. The first-order chi connectivity index (χ1) is 10.7. The largest absolute Gasteiger partial charge is 0.343 e. The molecule has 1 spiro atoms. The smallest absolute Gasteiger partial charge is 0.252 e. The standard InChI is InChI=1S/C19H28N2O/c1-3-20-13-16-17(15-9-7-14(2)8-10-15)18(22)21-19(16)11-5-4-6-12-19/h7,9-10,14,20H,3-6,8,11-13H2,1-2H3,(H,21,22). The lowest BCUT2D eigenvalue weighted by Crippen LogP contribution is -2.47. The lowest BCUT2D eigenvalue weighted by molar-refractivity contribution is -0.117. The maximum absolute atomic E-state index is 12.7. The summed E-state index contributed by atoms with van der Waals surface area (Å²) in [6, 6.07) is 0. The molecule has 0 aromatic rings. The van der Waals surface area contributed by atoms with Crippen LogP contribution in [0.1, 0.15) is 52.4 Å². The van der Waals surface area contributed by atoms with Crippen molar-refractivity contribution in [3.8, 4) is 0 Å². The molecular weight excluding hydrogens is 272 g/mol. The van der Waals surface area contributed by atoms with Crippen LogP contribution in [0.5, 0.6) is 0 Å². The van der Waals surface area contributed by atoms with Crippen LogP contribution in [0, 0.1) is 5.92 Å². The molecule has 0 aromatic heterocycles. The second-order valence-corrected chi connectivity index (χ2v) is 6.96. The van der Waals surface area contributed by atoms with E-state index >= 15 is 0 Å². The van der Waals surface area contributed by atoms with Gasteiger partial charge in [0.15, 0.2) is 0 Å². The number of nitrogens with one attached hydrogen (secondary N) is 2. The number of allylic oxidation sites excluding steroid dienone is 3. The molecule has 3 rings (SSSR count). The van der Waals surface area contributed by atoms with Crippen molar-refractivity contribution in [2.24, 2.45) is 5.92 Å². The Hall–Kier alpha value is -1.35. The van der Waals surface area contributed by atoms with Gasteiger partial charge in [-0.05, 0) is 42.9 Å². The van der Waals surface area contributed by atoms with Crippen molar-refractivity contribution in [1.82, 2.24) is 10.6 Å². The molecule has 3 heteroatoms. The van der Waals surface area contributed by atoms with Gasteiger partial charge < -0.3 is 10.6 Å². The summed E-state index contributed by atoms with van der Waals surface area (Å²) in [6.07, 6.45) is 13.6. The minimum absolute atomic E-state index is 0.0788. The third kappa shape index (κ3) is 2.79. The lowest BCUT2D eigenvalue weighted by atomic mass is 9.76. The minimum atomic E-state index is -0.0788. The Balaban J connectivity index is 1.98. The Morgan fingerprint density at radius 1 is 1.32 bits per heavy atom. The molecule has 3 aliphatic rings. The summed E-state index contributed by atoms with van der Waals surface area (Å²) < 4.78 is 0. The highest BCUT2D eigenvalue weighted by Gasteiger charge is 2.45. The van der Waals surface area contributed by atoms with Gasteiger partial charge in [0.05, 0.1) is 5.54 Å². The molecule has 1 saturated carbocycles. The molecule has 3 nitrogen and oxygen atoms in total. The van der Waals surface area contributed by atoms with Crippen LogP contribution in [0.25, 0.3) is 0 Å². The Morgan fingerprint density at radius 3 is 2.73 bits per heavy atom. The van der Waals surface area contributed by atoms with E-state index < -0.39 is 0 Å². The predicted molar refractivity (Wildman–Crippen MR) is 90.5 cm³/mol. The summed E-state index contributed by atoms with van der Waals surface area (Å²) >= 11 is 0. The normalized spacial score (nSPS) is 27.3. The predicted octanol–water partition coefficient (Wildman–Crippen LogP) is 3.25. The Labute approximate surface area is 133 Å². The van der Waals surface area contributed by atoms with E-state index in [2.05, 4.69) is 42.7 Å². The number of carbonyl (C=O) groups is 1. The van der Waals surface area contributed by atoms with Crippen LogP contribution in [0.2, 0.25) is 0 Å². The average Bonchev–Trinajstić information content (AvgIpc) is 2.78. The summed E-state index contributed by atoms with van der Waals surface area (Å²) in [5.41, 5.74) is 3.31. The molecule has 1 fully saturated rings. The van der Waals surface area contributed by atoms with Crippen LogP contribution in [0.3, 0.4) is 0 Å². The first-order valence-electron chi connectivity index (χ1n) is 8.82. The highest BCUT2D eigenvalue weighted by atomic mass is 16.2. The van der Waals surface area contributed by atoms with Gasteiger partial charge in [0, 0.05) is 12.1 Å². The molecule has 0 saturated heterocycles. The molecule has 1 heterocycles. The van der Waals surface area contributed by atoms with Gasteiger partial charge in [-0.15, -0.1) is 0 Å². The van der Waals surface area contributed by atoms with Crippen LogP contribution in [-0.2, 0) is 4.79 Å². The molecule has 1 amide bonds. The number of amides is 1. The fourth-order valence-corrected chi connectivity index (χ4v) is 4.04. The number of rotatable bonds is 4. The van der Waals surface area contributed by atoms with Gasteiger partial charge in [-0.1, -0.05) is 51.3 Å². The van der Waals surface area contributed by atoms with E-state index in [1.165, 1.54) is 24.8 Å². The minimum Gasteiger partial charge on any atom is -0.343 e. The van der Waals surface area contributed by atoms with Crippen molar-refractivity contribution in [2.75, 3.05) is 13.1 Å². The molecule has 1 unspecified atom stereocenters. The Bertz CT molecular complexity index is 536. The third-order valence-corrected chi connectivity index (χ3v) is 5.32. The monoisotopic (exact) mass is 300 g/mol. The van der Waals surface area contributed by atoms with Crippen molar-refractivity contribution in [3.05, 3.63) is 34.9 Å². The number of carbonyl (C=O) groups excluding carboxylic acids is 1. The second kappa shape index (κ2) is 6.41. The maximum Gasteiger partial charge on any atom is 0.252 e. The SMILES string of the molecule is CCNCC1=C(C2=CCC(C)C=C2)C(=O)NC12CCCCC2. The van der Waals surface area contributed by atoms with Gasteiger partial charge in [-0.2, -0.15) is 0 Å². The van der Waals surface area contributed by atoms with Crippen LogP contribution >= 0.6 is 0 Å². The summed E-state index contributed by atoms with van der Waals surface area (Å²) in [4.78, 5) is 12.7. The summed E-state index contributed by atoms with van der Waals surface area (Å²) in [6.45, 7) is 6.10. The average molecular weight is 300 g/mol. The zero-order valence-electron chi connectivity index (χ0n) is 13.9. The van der Waals surface area contributed by atoms with Gasteiger partial charge in [0.1, 0.15) is 0 Å². The van der Waals surface area contributed by atoms with E-state index in [1.807, 2.05) is 0 Å². The molecule has 2 aliphatic carbocycles. The van der Waals surface area contributed by atoms with E-state index in [1.54, 1.807) is 0 Å². The molecule has 120 valence electrons. The molecule has 1 aliphatic heterocycles. The van der Waals surface area contributed by atoms with Gasteiger partial charge in [0.25, 0.3) is 5.91 Å². The van der Waals surface area contributed by atoms with Crippen LogP contribution in [0.15, 0.2) is 34.9 Å². The zero-order chi connectivity index (χ0) is 15.6. The molecule has 0 radical (unpaired) electrons. The lowest BCUT2D eigenvalue weighted by Gasteiger charge is -2.36. The molecule has 0 bridgehead atoms. The topological polar surface area (TPSA) is 41.1 Å². The van der Waals surface area contributed by atoms with Crippen molar-refractivity contribution >= 4 is 5.91 Å². The summed E-state index contributed by atoms with van der Waals surface area (Å²) in [5.74, 6) is 0.718. The van der Waals surface area contributed by atoms with E-state index in [0.717, 1.165) is 43.5 Å². The summed E-state index contributed by atoms with van der Waals surface area (Å²) in [5, 5.41) is 6.82. The van der Waals surface area contributed by atoms with Crippen molar-refractivity contribution < 1.29 is 4.79 Å². The van der Waals surface area contributed by atoms with Gasteiger partial charge in [-0.25, -0.2) is 0 Å². The Morgan fingerprint density at radius 2 is 2.09 bits per heavy atom. The van der Waals surface area contributed by atoms with E-state index in [0.29, 0.717) is 5.92 Å². The Kier molecular flexibility index (Phi) is 4.53. The number of hydrogen-bond donors (Lipinski definition) is 2. The number of likely N-dealkylation sites (N-methyl/N-ethyl adjacent to an activating group) is 1. The van der Waals surface area contributed by atoms with Crippen LogP contribution in [0.4, 0.5) is 0 Å². The maximum atomic E-state index is 12.7. The highest BCUT2D eigenvalue weighted by Crippen LogP contribution is 2.42. The number of hydrogen-bond acceptors (Lipinski definition) is 2. The molecule has 2 N–H and O–H groups in total. The quantitative estimate of drug-likeness (QED) is 0.837. The molecule has 1 atom stereocenters. The molecule has 22 heavy (non-hydrogen) atoms. The molecule has 0 aromatic carbocycles.